The highest BCUT2D eigenvalue weighted by molar-refractivity contribution is 9.10. The zero-order valence-electron chi connectivity index (χ0n) is 18.2. The topological polar surface area (TPSA) is 50.5 Å². The third-order valence-electron chi connectivity index (χ3n) is 5.82. The lowest BCUT2D eigenvalue weighted by Crippen LogP contribution is -2.29. The van der Waals surface area contributed by atoms with Crippen LogP contribution in [-0.4, -0.2) is 22.1 Å². The van der Waals surface area contributed by atoms with Crippen molar-refractivity contribution in [2.24, 2.45) is 0 Å². The molecule has 2 aromatic heterocycles. The van der Waals surface area contributed by atoms with Crippen molar-refractivity contribution in [3.05, 3.63) is 106 Å². The zero-order chi connectivity index (χ0) is 23.7. The molecule has 4 aromatic rings. The first-order valence-electron chi connectivity index (χ1n) is 10.7. The molecular weight excluding hydrogens is 517 g/mol. The van der Waals surface area contributed by atoms with Gasteiger partial charge in [0.05, 0.1) is 24.4 Å². The third kappa shape index (κ3) is 4.43. The Bertz CT molecular complexity index is 1310. The number of nitrogens with one attached hydrogen (secondary N) is 1. The molecule has 1 N–H and O–H groups in total. The number of nitrogens with zero attached hydrogens (tertiary/aromatic N) is 2. The highest BCUT2D eigenvalue weighted by atomic mass is 79.9. The lowest BCUT2D eigenvalue weighted by molar-refractivity contribution is 0.269. The molecule has 0 saturated carbocycles. The molecule has 1 fully saturated rings. The van der Waals surface area contributed by atoms with E-state index in [-0.39, 0.29) is 17.9 Å². The Kier molecular flexibility index (Phi) is 6.34. The van der Waals surface area contributed by atoms with Gasteiger partial charge < -0.3 is 19.4 Å². The molecule has 0 spiro atoms. The molecule has 1 aliphatic rings. The van der Waals surface area contributed by atoms with Gasteiger partial charge in [0.15, 0.2) is 5.11 Å². The Hall–Kier alpha value is -3.23. The van der Waals surface area contributed by atoms with Crippen molar-refractivity contribution in [3.63, 3.8) is 0 Å². The van der Waals surface area contributed by atoms with Gasteiger partial charge in [-0.2, -0.15) is 0 Å². The van der Waals surface area contributed by atoms with Gasteiger partial charge in [0, 0.05) is 17.2 Å². The van der Waals surface area contributed by atoms with Crippen LogP contribution in [0.25, 0.3) is 11.3 Å². The molecule has 2 atom stereocenters. The molecule has 34 heavy (non-hydrogen) atoms. The Labute approximate surface area is 210 Å². The monoisotopic (exact) mass is 537 g/mol. The molecular formula is C26H21BrFN3O2S. The number of ether oxygens (including phenoxy) is 1. The van der Waals surface area contributed by atoms with E-state index in [4.69, 9.17) is 21.4 Å². The van der Waals surface area contributed by atoms with Crippen molar-refractivity contribution in [1.82, 2.24) is 15.2 Å². The van der Waals surface area contributed by atoms with Crippen molar-refractivity contribution < 1.29 is 13.5 Å². The van der Waals surface area contributed by atoms with Crippen LogP contribution in [0.2, 0.25) is 0 Å². The first-order valence-corrected chi connectivity index (χ1v) is 11.9. The van der Waals surface area contributed by atoms with Crippen LogP contribution < -0.4 is 10.1 Å². The fourth-order valence-electron chi connectivity index (χ4n) is 4.16. The Morgan fingerprint density at radius 3 is 2.65 bits per heavy atom. The highest BCUT2D eigenvalue weighted by Gasteiger charge is 2.41. The molecule has 5 nitrogen and oxygen atoms in total. The Morgan fingerprint density at radius 2 is 1.94 bits per heavy atom. The van der Waals surface area contributed by atoms with E-state index in [0.717, 1.165) is 17.0 Å². The molecule has 0 bridgehead atoms. The number of pyridine rings is 1. The van der Waals surface area contributed by atoms with Crippen molar-refractivity contribution in [2.45, 2.75) is 18.6 Å². The molecule has 172 valence electrons. The van der Waals surface area contributed by atoms with Crippen LogP contribution in [0.1, 0.15) is 29.1 Å². The molecule has 1 saturated heterocycles. The quantitative estimate of drug-likeness (QED) is 0.286. The predicted molar refractivity (Wildman–Crippen MR) is 136 cm³/mol. The smallest absolute Gasteiger partial charge is 0.170 e. The number of aromatic nitrogens is 1. The van der Waals surface area contributed by atoms with E-state index in [2.05, 4.69) is 31.1 Å². The number of rotatable bonds is 6. The summed E-state index contributed by atoms with van der Waals surface area (Å²) < 4.78 is 26.8. The number of benzene rings is 2. The minimum atomic E-state index is -0.355. The number of furan rings is 1. The van der Waals surface area contributed by atoms with E-state index in [0.29, 0.717) is 33.2 Å². The lowest BCUT2D eigenvalue weighted by Gasteiger charge is -2.26. The van der Waals surface area contributed by atoms with Crippen molar-refractivity contribution in [3.8, 4) is 17.1 Å². The molecule has 5 rings (SSSR count). The van der Waals surface area contributed by atoms with E-state index in [1.165, 1.54) is 6.07 Å². The minimum absolute atomic E-state index is 0.222. The molecule has 0 radical (unpaired) electrons. The predicted octanol–water partition coefficient (Wildman–Crippen LogP) is 6.42. The van der Waals surface area contributed by atoms with Crippen LogP contribution in [0.5, 0.6) is 5.75 Å². The van der Waals surface area contributed by atoms with Gasteiger partial charge in [0.2, 0.25) is 0 Å². The summed E-state index contributed by atoms with van der Waals surface area (Å²) in [5.41, 5.74) is 2.32. The van der Waals surface area contributed by atoms with Crippen molar-refractivity contribution >= 4 is 33.3 Å². The second kappa shape index (κ2) is 9.56. The molecule has 3 heterocycles. The van der Waals surface area contributed by atoms with Crippen LogP contribution in [0.15, 0.2) is 87.9 Å². The zero-order valence-corrected chi connectivity index (χ0v) is 20.6. The third-order valence-corrected chi connectivity index (χ3v) is 6.67. The van der Waals surface area contributed by atoms with Gasteiger partial charge in [0.1, 0.15) is 29.1 Å². The van der Waals surface area contributed by atoms with Crippen LogP contribution >= 0.6 is 28.1 Å². The van der Waals surface area contributed by atoms with Crippen LogP contribution in [0.4, 0.5) is 4.39 Å². The summed E-state index contributed by atoms with van der Waals surface area (Å²) in [5.74, 6) is 1.57. The van der Waals surface area contributed by atoms with E-state index < -0.39 is 0 Å². The summed E-state index contributed by atoms with van der Waals surface area (Å²) in [6.45, 7) is 0.562. The van der Waals surface area contributed by atoms with Crippen LogP contribution in [0.3, 0.4) is 0 Å². The summed E-state index contributed by atoms with van der Waals surface area (Å²) in [6.07, 6.45) is 1.76. The largest absolute Gasteiger partial charge is 0.497 e. The first-order chi connectivity index (χ1) is 16.5. The lowest BCUT2D eigenvalue weighted by atomic mass is 10.0. The number of thiocarbonyl (C=S) groups is 1. The van der Waals surface area contributed by atoms with Crippen LogP contribution in [-0.2, 0) is 6.54 Å². The average Bonchev–Trinajstić information content (AvgIpc) is 3.45. The van der Waals surface area contributed by atoms with Gasteiger partial charge >= 0.3 is 0 Å². The SMILES string of the molecule is COc1ccc(CN2C(=S)N[C@@H](c3ccccn3)[C@H]2c2ccc(-c3ccc(Br)cc3F)o2)cc1. The second-order valence-electron chi connectivity index (χ2n) is 7.93. The summed E-state index contributed by atoms with van der Waals surface area (Å²) in [6, 6.07) is 21.8. The maximum absolute atomic E-state index is 14.6. The van der Waals surface area contributed by atoms with Crippen molar-refractivity contribution in [2.75, 3.05) is 7.11 Å². The summed E-state index contributed by atoms with van der Waals surface area (Å²) >= 11 is 9.04. The van der Waals surface area contributed by atoms with E-state index in [1.807, 2.05) is 48.5 Å². The Balaban J connectivity index is 1.52. The normalized spacial score (nSPS) is 17.6. The number of halogens is 2. The fraction of sp³-hybridized carbons (Fsp3) is 0.154. The van der Waals surface area contributed by atoms with E-state index >= 15 is 0 Å². The summed E-state index contributed by atoms with van der Waals surface area (Å²) in [5, 5.41) is 4.01. The van der Waals surface area contributed by atoms with Crippen LogP contribution in [0, 0.1) is 5.82 Å². The van der Waals surface area contributed by atoms with E-state index in [9.17, 15) is 4.39 Å². The summed E-state index contributed by atoms with van der Waals surface area (Å²) in [4.78, 5) is 6.63. The molecule has 1 aliphatic heterocycles. The second-order valence-corrected chi connectivity index (χ2v) is 9.23. The molecule has 8 heteroatoms. The molecule has 0 unspecified atom stereocenters. The van der Waals surface area contributed by atoms with Gasteiger partial charge in [-0.25, -0.2) is 4.39 Å². The van der Waals surface area contributed by atoms with Gasteiger partial charge in [0.25, 0.3) is 0 Å². The van der Waals surface area contributed by atoms with Crippen molar-refractivity contribution in [1.29, 1.82) is 0 Å². The van der Waals surface area contributed by atoms with Gasteiger partial charge in [-0.3, -0.25) is 4.98 Å². The Morgan fingerprint density at radius 1 is 1.12 bits per heavy atom. The minimum Gasteiger partial charge on any atom is -0.497 e. The first kappa shape index (κ1) is 22.6. The molecule has 0 amide bonds. The summed E-state index contributed by atoms with van der Waals surface area (Å²) in [7, 11) is 1.64. The average molecular weight is 538 g/mol. The van der Waals surface area contributed by atoms with Gasteiger partial charge in [-0.15, -0.1) is 0 Å². The van der Waals surface area contributed by atoms with E-state index in [1.54, 1.807) is 31.5 Å². The number of hydrogen-bond acceptors (Lipinski definition) is 4. The maximum Gasteiger partial charge on any atom is 0.170 e. The highest BCUT2D eigenvalue weighted by Crippen LogP contribution is 2.41. The maximum atomic E-state index is 14.6. The van der Waals surface area contributed by atoms with Gasteiger partial charge in [-0.1, -0.05) is 34.1 Å². The number of hydrogen-bond donors (Lipinski definition) is 1. The molecule has 0 aliphatic carbocycles. The molecule has 2 aromatic carbocycles. The van der Waals surface area contributed by atoms with Gasteiger partial charge in [-0.05, 0) is 72.4 Å². The standard InChI is InChI=1S/C26H21BrFN3O2S/c1-32-18-8-5-16(6-9-18)15-31-25(24(30-26(31)34)21-4-2-3-13-29-21)23-12-11-22(33-23)19-10-7-17(27)14-20(19)28/h2-14,24-25H,15H2,1H3,(H,30,34)/t24-,25+/m0/s1. The number of methoxy groups -OCH3 is 1. The fourth-order valence-corrected chi connectivity index (χ4v) is 4.80.